The van der Waals surface area contributed by atoms with E-state index in [1.807, 2.05) is 13.8 Å². The van der Waals surface area contributed by atoms with Gasteiger partial charge in [-0.15, -0.1) is 12.4 Å². The van der Waals surface area contributed by atoms with Crippen LogP contribution >= 0.6 is 12.4 Å². The zero-order chi connectivity index (χ0) is 11.0. The molecule has 0 aromatic heterocycles. The van der Waals surface area contributed by atoms with Crippen LogP contribution in [0.2, 0.25) is 0 Å². The molecule has 2 unspecified atom stereocenters. The van der Waals surface area contributed by atoms with Crippen molar-refractivity contribution in [3.63, 3.8) is 0 Å². The highest BCUT2D eigenvalue weighted by molar-refractivity contribution is 5.85. The maximum atomic E-state index is 12.2. The Morgan fingerprint density at radius 3 is 2.12 bits per heavy atom. The topological polar surface area (TPSA) is 46.3 Å². The second kappa shape index (κ2) is 5.37. The second-order valence-electron chi connectivity index (χ2n) is 5.33. The van der Waals surface area contributed by atoms with E-state index >= 15 is 0 Å². The molecule has 94 valence electrons. The molecule has 16 heavy (non-hydrogen) atoms. The summed E-state index contributed by atoms with van der Waals surface area (Å²) >= 11 is 0. The van der Waals surface area contributed by atoms with E-state index in [1.54, 1.807) is 0 Å². The number of rotatable bonds is 2. The van der Waals surface area contributed by atoms with Gasteiger partial charge in [0.2, 0.25) is 5.91 Å². The number of piperidine rings is 1. The Labute approximate surface area is 104 Å². The molecule has 1 amide bonds. The minimum absolute atomic E-state index is 0. The van der Waals surface area contributed by atoms with Gasteiger partial charge >= 0.3 is 0 Å². The third kappa shape index (κ3) is 2.35. The van der Waals surface area contributed by atoms with E-state index in [0.717, 1.165) is 0 Å². The molecule has 2 heterocycles. The fraction of sp³-hybridized carbons (Fsp3) is 0.917. The first kappa shape index (κ1) is 13.8. The average Bonchev–Trinajstić information content (AvgIpc) is 2.46. The number of amides is 1. The van der Waals surface area contributed by atoms with Crippen LogP contribution in [-0.4, -0.2) is 28.9 Å². The third-order valence-electron chi connectivity index (χ3n) is 3.95. The van der Waals surface area contributed by atoms with Crippen LogP contribution in [0.1, 0.15) is 46.0 Å². The minimum atomic E-state index is -0.300. The highest BCUT2D eigenvalue weighted by atomic mass is 35.5. The van der Waals surface area contributed by atoms with Gasteiger partial charge in [-0.05, 0) is 38.0 Å². The molecule has 3 nitrogen and oxygen atoms in total. The summed E-state index contributed by atoms with van der Waals surface area (Å²) in [5.74, 6) is 0.441. The summed E-state index contributed by atoms with van der Waals surface area (Å²) in [5.41, 5.74) is 5.95. The minimum Gasteiger partial charge on any atom is -0.335 e. The van der Waals surface area contributed by atoms with Crippen LogP contribution in [0, 0.1) is 5.92 Å². The molecule has 2 saturated heterocycles. The Morgan fingerprint density at radius 1 is 1.19 bits per heavy atom. The molecule has 2 aliphatic rings. The molecule has 2 aliphatic heterocycles. The summed E-state index contributed by atoms with van der Waals surface area (Å²) in [6, 6.07) is 0.702. The molecule has 0 spiro atoms. The van der Waals surface area contributed by atoms with Crippen LogP contribution < -0.4 is 5.73 Å². The van der Waals surface area contributed by atoms with E-state index in [0.29, 0.717) is 12.1 Å². The smallest absolute Gasteiger partial charge is 0.240 e. The normalized spacial score (nSPS) is 30.1. The Bertz CT molecular complexity index is 241. The van der Waals surface area contributed by atoms with Crippen molar-refractivity contribution in [2.24, 2.45) is 11.7 Å². The molecule has 4 heteroatoms. The highest BCUT2D eigenvalue weighted by Gasteiger charge is 2.41. The Kier molecular flexibility index (Phi) is 4.62. The van der Waals surface area contributed by atoms with Gasteiger partial charge in [0.25, 0.3) is 0 Å². The molecule has 0 aromatic carbocycles. The van der Waals surface area contributed by atoms with Gasteiger partial charge in [-0.25, -0.2) is 0 Å². The lowest BCUT2D eigenvalue weighted by atomic mass is 9.98. The molecule has 0 aromatic rings. The van der Waals surface area contributed by atoms with Crippen LogP contribution in [0.5, 0.6) is 0 Å². The van der Waals surface area contributed by atoms with Gasteiger partial charge in [-0.1, -0.05) is 13.8 Å². The lowest BCUT2D eigenvalue weighted by molar-refractivity contribution is -0.137. The predicted molar refractivity (Wildman–Crippen MR) is 67.6 cm³/mol. The van der Waals surface area contributed by atoms with Crippen LogP contribution in [0.15, 0.2) is 0 Å². The maximum Gasteiger partial charge on any atom is 0.240 e. The van der Waals surface area contributed by atoms with Crippen LogP contribution in [0.4, 0.5) is 0 Å². The molecule has 2 rings (SSSR count). The molecule has 3 atom stereocenters. The van der Waals surface area contributed by atoms with Crippen molar-refractivity contribution in [2.75, 3.05) is 0 Å². The molecular weight excluding hydrogens is 224 g/mol. The Balaban J connectivity index is 0.00000128. The van der Waals surface area contributed by atoms with Crippen molar-refractivity contribution in [3.05, 3.63) is 0 Å². The van der Waals surface area contributed by atoms with Crippen molar-refractivity contribution < 1.29 is 4.79 Å². The molecule has 2 fully saturated rings. The van der Waals surface area contributed by atoms with Crippen molar-refractivity contribution in [2.45, 2.75) is 64.1 Å². The zero-order valence-corrected chi connectivity index (χ0v) is 11.0. The number of carbonyl (C=O) groups is 1. The standard InChI is InChI=1S/C12H22N2O.ClH/c1-8(2)11(13)12(15)14-9-4-3-5-10(14)7-6-9;/h8-11H,3-7,13H2,1-2H3;1H/t9?,10?,11-;/m0./s1. The van der Waals surface area contributed by atoms with Crippen molar-refractivity contribution in [3.8, 4) is 0 Å². The second-order valence-corrected chi connectivity index (χ2v) is 5.33. The quantitative estimate of drug-likeness (QED) is 0.810. The van der Waals surface area contributed by atoms with E-state index < -0.39 is 0 Å². The van der Waals surface area contributed by atoms with Gasteiger partial charge in [0.05, 0.1) is 6.04 Å². The first-order chi connectivity index (χ1) is 7.11. The maximum absolute atomic E-state index is 12.2. The number of hydrogen-bond donors (Lipinski definition) is 1. The van der Waals surface area contributed by atoms with Crippen LogP contribution in [-0.2, 0) is 4.79 Å². The van der Waals surface area contributed by atoms with Gasteiger partial charge in [0.1, 0.15) is 0 Å². The molecule has 2 N–H and O–H groups in total. The van der Waals surface area contributed by atoms with E-state index in [-0.39, 0.29) is 30.3 Å². The summed E-state index contributed by atoms with van der Waals surface area (Å²) in [6.45, 7) is 4.04. The number of nitrogens with two attached hydrogens (primary N) is 1. The largest absolute Gasteiger partial charge is 0.335 e. The summed E-state index contributed by atoms with van der Waals surface area (Å²) in [7, 11) is 0. The number of hydrogen-bond acceptors (Lipinski definition) is 2. The van der Waals surface area contributed by atoms with Crippen molar-refractivity contribution in [1.29, 1.82) is 0 Å². The van der Waals surface area contributed by atoms with Crippen molar-refractivity contribution in [1.82, 2.24) is 4.90 Å². The summed E-state index contributed by atoms with van der Waals surface area (Å²) in [5, 5.41) is 0. The molecular formula is C12H23ClN2O. The Hall–Kier alpha value is -0.280. The number of halogens is 1. The predicted octanol–water partition coefficient (Wildman–Crippen LogP) is 1.93. The first-order valence-electron chi connectivity index (χ1n) is 6.19. The third-order valence-corrected chi connectivity index (χ3v) is 3.95. The molecule has 0 aliphatic carbocycles. The van der Waals surface area contributed by atoms with Gasteiger partial charge in [-0.3, -0.25) is 4.79 Å². The highest BCUT2D eigenvalue weighted by Crippen LogP contribution is 2.36. The van der Waals surface area contributed by atoms with Gasteiger partial charge in [0.15, 0.2) is 0 Å². The lowest BCUT2D eigenvalue weighted by Crippen LogP contribution is -2.52. The van der Waals surface area contributed by atoms with Crippen LogP contribution in [0.3, 0.4) is 0 Å². The molecule has 0 radical (unpaired) electrons. The van der Waals surface area contributed by atoms with E-state index in [4.69, 9.17) is 5.73 Å². The fourth-order valence-corrected chi connectivity index (χ4v) is 2.93. The zero-order valence-electron chi connectivity index (χ0n) is 10.2. The van der Waals surface area contributed by atoms with Crippen molar-refractivity contribution >= 4 is 18.3 Å². The molecule has 2 bridgehead atoms. The SMILES string of the molecule is CC(C)[C@H](N)C(=O)N1C2CCCC1CC2.Cl. The van der Waals surface area contributed by atoms with E-state index in [9.17, 15) is 4.79 Å². The number of fused-ring (bicyclic) bond motifs is 2. The molecule has 0 saturated carbocycles. The first-order valence-corrected chi connectivity index (χ1v) is 6.19. The van der Waals surface area contributed by atoms with Gasteiger partial charge < -0.3 is 10.6 Å². The summed E-state index contributed by atoms with van der Waals surface area (Å²) in [4.78, 5) is 14.3. The summed E-state index contributed by atoms with van der Waals surface area (Å²) in [6.07, 6.45) is 6.05. The number of nitrogens with zero attached hydrogens (tertiary/aromatic N) is 1. The number of carbonyl (C=O) groups excluding carboxylic acids is 1. The fourth-order valence-electron chi connectivity index (χ4n) is 2.93. The summed E-state index contributed by atoms with van der Waals surface area (Å²) < 4.78 is 0. The Morgan fingerprint density at radius 2 is 1.69 bits per heavy atom. The monoisotopic (exact) mass is 246 g/mol. The van der Waals surface area contributed by atoms with Crippen LogP contribution in [0.25, 0.3) is 0 Å². The van der Waals surface area contributed by atoms with Gasteiger partial charge in [-0.2, -0.15) is 0 Å². The average molecular weight is 247 g/mol. The lowest BCUT2D eigenvalue weighted by Gasteiger charge is -2.37. The van der Waals surface area contributed by atoms with E-state index in [1.165, 1.54) is 32.1 Å². The van der Waals surface area contributed by atoms with E-state index in [2.05, 4.69) is 4.90 Å². The van der Waals surface area contributed by atoms with Gasteiger partial charge in [0, 0.05) is 12.1 Å².